The molecule has 0 radical (unpaired) electrons. The van der Waals surface area contributed by atoms with E-state index >= 15 is 0 Å². The molecule has 1 fully saturated rings. The summed E-state index contributed by atoms with van der Waals surface area (Å²) in [6.07, 6.45) is 1.80. The molecule has 110 valence electrons. The zero-order valence-electron chi connectivity index (χ0n) is 12.3. The van der Waals surface area contributed by atoms with Crippen molar-refractivity contribution in [3.8, 4) is 11.5 Å². The third kappa shape index (κ3) is 2.29. The number of phenolic OH excluding ortho intramolecular Hbond substituents is 1. The molecule has 4 heteroatoms. The number of aryl methyl sites for hydroxylation is 1. The molecule has 0 saturated heterocycles. The van der Waals surface area contributed by atoms with Gasteiger partial charge in [0.15, 0.2) is 0 Å². The van der Waals surface area contributed by atoms with E-state index < -0.39 is 5.41 Å². The molecule has 1 aliphatic carbocycles. The molecular weight excluding hydrogens is 256 g/mol. The zero-order valence-corrected chi connectivity index (χ0v) is 12.3. The molecule has 0 aliphatic heterocycles. The molecule has 2 unspecified atom stereocenters. The zero-order chi connectivity index (χ0) is 14.9. The molecule has 2 N–H and O–H groups in total. The van der Waals surface area contributed by atoms with Gasteiger partial charge in [-0.25, -0.2) is 0 Å². The second-order valence-electron chi connectivity index (χ2n) is 5.80. The van der Waals surface area contributed by atoms with E-state index in [0.717, 1.165) is 17.5 Å². The van der Waals surface area contributed by atoms with E-state index in [1.165, 1.54) is 0 Å². The van der Waals surface area contributed by atoms with Gasteiger partial charge in [-0.3, -0.25) is 4.79 Å². The van der Waals surface area contributed by atoms with Crippen LogP contribution >= 0.6 is 0 Å². The van der Waals surface area contributed by atoms with Crippen molar-refractivity contribution < 1.29 is 19.7 Å². The average molecular weight is 278 g/mol. The number of carbonyl (C=O) groups is 1. The lowest BCUT2D eigenvalue weighted by molar-refractivity contribution is -0.129. The van der Waals surface area contributed by atoms with Crippen molar-refractivity contribution in [2.75, 3.05) is 13.7 Å². The summed E-state index contributed by atoms with van der Waals surface area (Å²) in [5.74, 6) is 0.995. The fraction of sp³-hybridized carbons (Fsp3) is 0.562. The molecule has 0 aromatic heterocycles. The van der Waals surface area contributed by atoms with Gasteiger partial charge in [0.1, 0.15) is 17.3 Å². The number of aliphatic hydroxyl groups excluding tert-OH is 1. The highest BCUT2D eigenvalue weighted by Crippen LogP contribution is 2.45. The Kier molecular flexibility index (Phi) is 4.04. The van der Waals surface area contributed by atoms with Crippen LogP contribution in [0.1, 0.15) is 30.9 Å². The smallest absolute Gasteiger partial charge is 0.141 e. The Morgan fingerprint density at radius 1 is 1.45 bits per heavy atom. The fourth-order valence-corrected chi connectivity index (χ4v) is 3.21. The quantitative estimate of drug-likeness (QED) is 0.886. The number of phenols is 1. The van der Waals surface area contributed by atoms with Gasteiger partial charge in [-0.1, -0.05) is 6.92 Å². The number of Topliss-reactive ketones (excluding diaryl/α,β-unsaturated/α-hetero) is 1. The van der Waals surface area contributed by atoms with Crippen molar-refractivity contribution in [3.63, 3.8) is 0 Å². The molecule has 0 amide bonds. The standard InChI is InChI=1S/C16H22O4/c1-10-6-12(18)7-14(20-3)13(10)8-16(9-17)11(2)4-5-15(16)19/h6-7,11,17-18H,4-5,8-9H2,1-3H3. The maximum absolute atomic E-state index is 12.3. The highest BCUT2D eigenvalue weighted by atomic mass is 16.5. The molecule has 0 bridgehead atoms. The van der Waals surface area contributed by atoms with E-state index in [2.05, 4.69) is 0 Å². The van der Waals surface area contributed by atoms with Crippen LogP contribution in [0.5, 0.6) is 11.5 Å². The van der Waals surface area contributed by atoms with Gasteiger partial charge < -0.3 is 14.9 Å². The highest BCUT2D eigenvalue weighted by molar-refractivity contribution is 5.88. The Bertz CT molecular complexity index is 523. The predicted molar refractivity (Wildman–Crippen MR) is 76.0 cm³/mol. The number of methoxy groups -OCH3 is 1. The van der Waals surface area contributed by atoms with Crippen LogP contribution in [-0.2, 0) is 11.2 Å². The minimum absolute atomic E-state index is 0.127. The number of aromatic hydroxyl groups is 1. The Morgan fingerprint density at radius 2 is 2.15 bits per heavy atom. The predicted octanol–water partition coefficient (Wildman–Crippen LogP) is 2.23. The van der Waals surface area contributed by atoms with Crippen LogP contribution in [-0.4, -0.2) is 29.7 Å². The summed E-state index contributed by atoms with van der Waals surface area (Å²) in [5.41, 5.74) is 1.05. The first-order valence-corrected chi connectivity index (χ1v) is 6.95. The Balaban J connectivity index is 2.45. The lowest BCUT2D eigenvalue weighted by Gasteiger charge is -2.31. The topological polar surface area (TPSA) is 66.8 Å². The molecule has 1 aromatic rings. The van der Waals surface area contributed by atoms with Gasteiger partial charge in [-0.05, 0) is 42.9 Å². The van der Waals surface area contributed by atoms with Crippen LogP contribution in [0.2, 0.25) is 0 Å². The average Bonchev–Trinajstić information content (AvgIpc) is 2.69. The monoisotopic (exact) mass is 278 g/mol. The number of rotatable bonds is 4. The van der Waals surface area contributed by atoms with E-state index in [-0.39, 0.29) is 24.1 Å². The molecule has 1 saturated carbocycles. The van der Waals surface area contributed by atoms with E-state index in [1.807, 2.05) is 13.8 Å². The van der Waals surface area contributed by atoms with Gasteiger partial charge in [0, 0.05) is 12.5 Å². The normalized spacial score (nSPS) is 26.0. The first-order chi connectivity index (χ1) is 9.44. The van der Waals surface area contributed by atoms with Crippen LogP contribution < -0.4 is 4.74 Å². The molecular formula is C16H22O4. The van der Waals surface area contributed by atoms with Crippen LogP contribution in [0, 0.1) is 18.3 Å². The van der Waals surface area contributed by atoms with Gasteiger partial charge in [-0.2, -0.15) is 0 Å². The first kappa shape index (κ1) is 14.9. The molecule has 0 heterocycles. The minimum Gasteiger partial charge on any atom is -0.508 e. The van der Waals surface area contributed by atoms with Gasteiger partial charge in [0.2, 0.25) is 0 Å². The number of benzene rings is 1. The number of hydrogen-bond acceptors (Lipinski definition) is 4. The second-order valence-corrected chi connectivity index (χ2v) is 5.80. The Labute approximate surface area is 119 Å². The van der Waals surface area contributed by atoms with E-state index in [1.54, 1.807) is 19.2 Å². The number of hydrogen-bond donors (Lipinski definition) is 2. The van der Waals surface area contributed by atoms with Gasteiger partial charge in [0.05, 0.1) is 19.1 Å². The summed E-state index contributed by atoms with van der Waals surface area (Å²) < 4.78 is 5.32. The maximum Gasteiger partial charge on any atom is 0.141 e. The molecule has 4 nitrogen and oxygen atoms in total. The molecule has 1 aliphatic rings. The maximum atomic E-state index is 12.3. The first-order valence-electron chi connectivity index (χ1n) is 6.95. The third-order valence-corrected chi connectivity index (χ3v) is 4.71. The Hall–Kier alpha value is -1.55. The SMILES string of the molecule is COc1cc(O)cc(C)c1CC1(CO)C(=O)CCC1C. The van der Waals surface area contributed by atoms with Gasteiger partial charge in [0.25, 0.3) is 0 Å². The lowest BCUT2D eigenvalue weighted by Crippen LogP contribution is -2.37. The third-order valence-electron chi connectivity index (χ3n) is 4.71. The minimum atomic E-state index is -0.713. The number of ether oxygens (including phenoxy) is 1. The van der Waals surface area contributed by atoms with Crippen LogP contribution in [0.3, 0.4) is 0 Å². The summed E-state index contributed by atoms with van der Waals surface area (Å²) in [4.78, 5) is 12.3. The summed E-state index contributed by atoms with van der Waals surface area (Å²) in [6, 6.07) is 3.21. The van der Waals surface area contributed by atoms with Crippen molar-refractivity contribution in [1.29, 1.82) is 0 Å². The summed E-state index contributed by atoms with van der Waals surface area (Å²) in [6.45, 7) is 3.76. The van der Waals surface area contributed by atoms with E-state index in [9.17, 15) is 15.0 Å². The Morgan fingerprint density at radius 3 is 2.65 bits per heavy atom. The summed E-state index contributed by atoms with van der Waals surface area (Å²) in [5, 5.41) is 19.5. The van der Waals surface area contributed by atoms with Gasteiger partial charge in [-0.15, -0.1) is 0 Å². The summed E-state index contributed by atoms with van der Waals surface area (Å²) >= 11 is 0. The van der Waals surface area contributed by atoms with Crippen molar-refractivity contribution in [3.05, 3.63) is 23.3 Å². The highest BCUT2D eigenvalue weighted by Gasteiger charge is 2.47. The number of aliphatic hydroxyl groups is 1. The molecule has 0 spiro atoms. The number of carbonyl (C=O) groups excluding carboxylic acids is 1. The molecule has 20 heavy (non-hydrogen) atoms. The van der Waals surface area contributed by atoms with Crippen LogP contribution in [0.25, 0.3) is 0 Å². The van der Waals surface area contributed by atoms with Crippen molar-refractivity contribution >= 4 is 5.78 Å². The van der Waals surface area contributed by atoms with Crippen LogP contribution in [0.15, 0.2) is 12.1 Å². The lowest BCUT2D eigenvalue weighted by atomic mass is 9.73. The molecule has 1 aromatic carbocycles. The van der Waals surface area contributed by atoms with E-state index in [4.69, 9.17) is 4.74 Å². The van der Waals surface area contributed by atoms with Crippen LogP contribution in [0.4, 0.5) is 0 Å². The molecule has 2 atom stereocenters. The number of ketones is 1. The van der Waals surface area contributed by atoms with Crippen molar-refractivity contribution in [1.82, 2.24) is 0 Å². The van der Waals surface area contributed by atoms with Gasteiger partial charge >= 0.3 is 0 Å². The molecule has 2 rings (SSSR count). The second kappa shape index (κ2) is 5.44. The van der Waals surface area contributed by atoms with Crippen molar-refractivity contribution in [2.24, 2.45) is 11.3 Å². The summed E-state index contributed by atoms with van der Waals surface area (Å²) in [7, 11) is 1.54. The fourth-order valence-electron chi connectivity index (χ4n) is 3.21. The van der Waals surface area contributed by atoms with Crippen molar-refractivity contribution in [2.45, 2.75) is 33.1 Å². The van der Waals surface area contributed by atoms with E-state index in [0.29, 0.717) is 18.6 Å². The largest absolute Gasteiger partial charge is 0.508 e.